The molecule has 0 saturated carbocycles. The lowest BCUT2D eigenvalue weighted by atomic mass is 9.87. The van der Waals surface area contributed by atoms with Crippen LogP contribution in [0.5, 0.6) is 0 Å². The minimum atomic E-state index is -0.634. The van der Waals surface area contributed by atoms with Crippen LogP contribution in [0.15, 0.2) is 12.1 Å². The standard InChI is InChI=1S/C13H18Cl2N2O/c1-7-5-6-8(14)10(9(7)15)17-12(18)11(16)13(2,3)4/h5-6,11H,16H2,1-4H3,(H,17,18). The maximum atomic E-state index is 12.0. The molecule has 3 N–H and O–H groups in total. The fraction of sp³-hybridized carbons (Fsp3) is 0.462. The van der Waals surface area contributed by atoms with E-state index >= 15 is 0 Å². The van der Waals surface area contributed by atoms with Gasteiger partial charge in [0, 0.05) is 0 Å². The van der Waals surface area contributed by atoms with Crippen LogP contribution in [0.3, 0.4) is 0 Å². The molecular formula is C13H18Cl2N2O. The first-order valence-electron chi connectivity index (χ1n) is 5.65. The normalized spacial score (nSPS) is 13.3. The molecule has 0 aliphatic rings. The first-order chi connectivity index (χ1) is 8.14. The number of hydrogen-bond donors (Lipinski definition) is 2. The van der Waals surface area contributed by atoms with Crippen LogP contribution in [0.4, 0.5) is 5.69 Å². The quantitative estimate of drug-likeness (QED) is 0.873. The van der Waals surface area contributed by atoms with Crippen molar-refractivity contribution in [3.8, 4) is 0 Å². The third kappa shape index (κ3) is 3.37. The number of halogens is 2. The average Bonchev–Trinajstić information content (AvgIpc) is 2.27. The topological polar surface area (TPSA) is 55.1 Å². The van der Waals surface area contributed by atoms with E-state index < -0.39 is 6.04 Å². The molecule has 1 unspecified atom stereocenters. The van der Waals surface area contributed by atoms with E-state index in [9.17, 15) is 4.79 Å². The van der Waals surface area contributed by atoms with E-state index in [-0.39, 0.29) is 11.3 Å². The molecule has 18 heavy (non-hydrogen) atoms. The Labute approximate surface area is 118 Å². The maximum Gasteiger partial charge on any atom is 0.241 e. The Morgan fingerprint density at radius 3 is 2.39 bits per heavy atom. The summed E-state index contributed by atoms with van der Waals surface area (Å²) in [5.74, 6) is -0.295. The molecule has 0 bridgehead atoms. The molecule has 1 atom stereocenters. The van der Waals surface area contributed by atoms with E-state index in [0.29, 0.717) is 15.7 Å². The summed E-state index contributed by atoms with van der Waals surface area (Å²) in [5, 5.41) is 3.54. The van der Waals surface area contributed by atoms with Gasteiger partial charge in [-0.1, -0.05) is 50.0 Å². The summed E-state index contributed by atoms with van der Waals surface area (Å²) < 4.78 is 0. The number of carbonyl (C=O) groups is 1. The van der Waals surface area contributed by atoms with Crippen molar-refractivity contribution < 1.29 is 4.79 Å². The monoisotopic (exact) mass is 288 g/mol. The molecule has 1 aromatic carbocycles. The van der Waals surface area contributed by atoms with Gasteiger partial charge in [0.25, 0.3) is 0 Å². The first kappa shape index (κ1) is 15.3. The SMILES string of the molecule is Cc1ccc(Cl)c(NC(=O)C(N)C(C)(C)C)c1Cl. The smallest absolute Gasteiger partial charge is 0.241 e. The zero-order valence-corrected chi connectivity index (χ0v) is 12.5. The molecule has 3 nitrogen and oxygen atoms in total. The third-order valence-corrected chi connectivity index (χ3v) is 3.55. The zero-order chi connectivity index (χ0) is 14.1. The minimum Gasteiger partial charge on any atom is -0.322 e. The number of hydrogen-bond acceptors (Lipinski definition) is 2. The van der Waals surface area contributed by atoms with Crippen molar-refractivity contribution in [2.45, 2.75) is 33.7 Å². The molecule has 1 amide bonds. The highest BCUT2D eigenvalue weighted by atomic mass is 35.5. The Bertz CT molecular complexity index is 467. The van der Waals surface area contributed by atoms with Gasteiger partial charge in [-0.2, -0.15) is 0 Å². The van der Waals surface area contributed by atoms with Crippen molar-refractivity contribution in [3.05, 3.63) is 27.7 Å². The van der Waals surface area contributed by atoms with Crippen LogP contribution in [0.25, 0.3) is 0 Å². The summed E-state index contributed by atoms with van der Waals surface area (Å²) in [6, 6.07) is 2.86. The second kappa shape index (κ2) is 5.47. The van der Waals surface area contributed by atoms with Gasteiger partial charge in [-0.05, 0) is 24.0 Å². The molecule has 0 spiro atoms. The van der Waals surface area contributed by atoms with Gasteiger partial charge < -0.3 is 11.1 Å². The zero-order valence-electron chi connectivity index (χ0n) is 11.0. The summed E-state index contributed by atoms with van der Waals surface area (Å²) in [5.41, 5.74) is 6.82. The molecule has 1 aromatic rings. The lowest BCUT2D eigenvalue weighted by Gasteiger charge is -2.26. The molecule has 1 rings (SSSR count). The van der Waals surface area contributed by atoms with Gasteiger partial charge in [-0.3, -0.25) is 4.79 Å². The predicted molar refractivity (Wildman–Crippen MR) is 77.3 cm³/mol. The summed E-state index contributed by atoms with van der Waals surface area (Å²) in [6.45, 7) is 7.54. The number of amides is 1. The largest absolute Gasteiger partial charge is 0.322 e. The van der Waals surface area contributed by atoms with Gasteiger partial charge in [0.1, 0.15) is 0 Å². The first-order valence-corrected chi connectivity index (χ1v) is 6.41. The Morgan fingerprint density at radius 1 is 1.33 bits per heavy atom. The van der Waals surface area contributed by atoms with Crippen LogP contribution in [-0.2, 0) is 4.79 Å². The van der Waals surface area contributed by atoms with Gasteiger partial charge in [0.05, 0.1) is 21.8 Å². The lowest BCUT2D eigenvalue weighted by molar-refractivity contribution is -0.119. The number of nitrogens with two attached hydrogens (primary N) is 1. The van der Waals surface area contributed by atoms with Crippen molar-refractivity contribution in [2.24, 2.45) is 11.1 Å². The van der Waals surface area contributed by atoms with E-state index in [1.165, 1.54) is 0 Å². The molecule has 0 heterocycles. The number of anilines is 1. The molecule has 0 radical (unpaired) electrons. The highest BCUT2D eigenvalue weighted by molar-refractivity contribution is 6.40. The van der Waals surface area contributed by atoms with Crippen LogP contribution < -0.4 is 11.1 Å². The van der Waals surface area contributed by atoms with Crippen LogP contribution in [0.1, 0.15) is 26.3 Å². The Balaban J connectivity index is 2.99. The lowest BCUT2D eigenvalue weighted by Crippen LogP contribution is -2.45. The van der Waals surface area contributed by atoms with E-state index in [1.807, 2.05) is 27.7 Å². The summed E-state index contributed by atoms with van der Waals surface area (Å²) >= 11 is 12.1. The second-order valence-corrected chi connectivity index (χ2v) is 6.17. The van der Waals surface area contributed by atoms with E-state index in [1.54, 1.807) is 12.1 Å². The molecule has 0 aromatic heterocycles. The Kier molecular flexibility index (Phi) is 4.65. The minimum absolute atomic E-state index is 0.295. The van der Waals surface area contributed by atoms with Gasteiger partial charge in [0.2, 0.25) is 5.91 Å². The molecular weight excluding hydrogens is 271 g/mol. The number of benzene rings is 1. The molecule has 100 valence electrons. The molecule has 0 aliphatic heterocycles. The van der Waals surface area contributed by atoms with Crippen LogP contribution in [0.2, 0.25) is 10.0 Å². The molecule has 5 heteroatoms. The highest BCUT2D eigenvalue weighted by Crippen LogP contribution is 2.33. The molecule has 0 saturated heterocycles. The van der Waals surface area contributed by atoms with E-state index in [0.717, 1.165) is 5.56 Å². The molecule has 0 aliphatic carbocycles. The average molecular weight is 289 g/mol. The predicted octanol–water partition coefficient (Wildman–Crippen LogP) is 3.61. The van der Waals surface area contributed by atoms with Gasteiger partial charge in [-0.25, -0.2) is 0 Å². The van der Waals surface area contributed by atoms with E-state index in [4.69, 9.17) is 28.9 Å². The van der Waals surface area contributed by atoms with Crippen molar-refractivity contribution >= 4 is 34.8 Å². The number of nitrogens with one attached hydrogen (secondary N) is 1. The van der Waals surface area contributed by atoms with Gasteiger partial charge >= 0.3 is 0 Å². The van der Waals surface area contributed by atoms with Crippen LogP contribution >= 0.6 is 23.2 Å². The number of rotatable bonds is 2. The summed E-state index contributed by atoms with van der Waals surface area (Å²) in [6.07, 6.45) is 0. The van der Waals surface area contributed by atoms with Gasteiger partial charge in [0.15, 0.2) is 0 Å². The fourth-order valence-electron chi connectivity index (χ4n) is 1.37. The molecule has 0 fully saturated rings. The number of aryl methyl sites for hydroxylation is 1. The van der Waals surface area contributed by atoms with Crippen molar-refractivity contribution in [1.82, 2.24) is 0 Å². The van der Waals surface area contributed by atoms with Gasteiger partial charge in [-0.15, -0.1) is 0 Å². The third-order valence-electron chi connectivity index (χ3n) is 2.75. The van der Waals surface area contributed by atoms with Crippen molar-refractivity contribution in [3.63, 3.8) is 0 Å². The Hall–Kier alpha value is -0.770. The number of carbonyl (C=O) groups excluding carboxylic acids is 1. The van der Waals surface area contributed by atoms with Crippen LogP contribution in [0, 0.1) is 12.3 Å². The van der Waals surface area contributed by atoms with E-state index in [2.05, 4.69) is 5.32 Å². The Morgan fingerprint density at radius 2 is 1.89 bits per heavy atom. The maximum absolute atomic E-state index is 12.0. The van der Waals surface area contributed by atoms with Crippen LogP contribution in [-0.4, -0.2) is 11.9 Å². The van der Waals surface area contributed by atoms with Crippen molar-refractivity contribution in [2.75, 3.05) is 5.32 Å². The van der Waals surface area contributed by atoms with Crippen molar-refractivity contribution in [1.29, 1.82) is 0 Å². The fourth-order valence-corrected chi connectivity index (χ4v) is 1.83. The second-order valence-electron chi connectivity index (χ2n) is 5.39. The highest BCUT2D eigenvalue weighted by Gasteiger charge is 2.28. The summed E-state index contributed by atoms with van der Waals surface area (Å²) in [4.78, 5) is 12.0. The summed E-state index contributed by atoms with van der Waals surface area (Å²) in [7, 11) is 0.